The zero-order valence-corrected chi connectivity index (χ0v) is 19.9. The second kappa shape index (κ2) is 10.7. The summed E-state index contributed by atoms with van der Waals surface area (Å²) in [6, 6.07) is 9.59. The van der Waals surface area contributed by atoms with Crippen molar-refractivity contribution >= 4 is 37.8 Å². The lowest BCUT2D eigenvalue weighted by Crippen LogP contribution is -2.30. The van der Waals surface area contributed by atoms with Crippen LogP contribution in [0.5, 0.6) is 11.5 Å². The van der Waals surface area contributed by atoms with E-state index in [9.17, 15) is 13.2 Å². The number of nitrogens with zero attached hydrogens (tertiary/aromatic N) is 1. The van der Waals surface area contributed by atoms with Crippen LogP contribution in [0.25, 0.3) is 6.08 Å². The molecule has 2 aromatic rings. The van der Waals surface area contributed by atoms with Gasteiger partial charge in [-0.25, -0.2) is 8.42 Å². The van der Waals surface area contributed by atoms with E-state index in [-0.39, 0.29) is 10.7 Å². The molecule has 0 radical (unpaired) electrons. The molecule has 0 fully saturated rings. The Hall–Kier alpha value is -2.16. The third-order valence-corrected chi connectivity index (χ3v) is 7.10. The monoisotopic (exact) mass is 495 g/mol. The molecule has 0 atom stereocenters. The number of sulfonamides is 1. The lowest BCUT2D eigenvalue weighted by atomic mass is 10.1. The molecule has 0 amide bonds. The predicted molar refractivity (Wildman–Crippen MR) is 122 cm³/mol. The largest absolute Gasteiger partial charge is 0.493 e. The van der Waals surface area contributed by atoms with Crippen LogP contribution in [0.4, 0.5) is 0 Å². The average molecular weight is 496 g/mol. The quantitative estimate of drug-likeness (QED) is 0.350. The van der Waals surface area contributed by atoms with Crippen LogP contribution >= 0.6 is 15.9 Å². The smallest absolute Gasteiger partial charge is 0.243 e. The van der Waals surface area contributed by atoms with Gasteiger partial charge in [0.2, 0.25) is 10.0 Å². The standard InChI is InChI=1S/C22H26BrNO5S/c1-5-24(6-2)30(26,27)18-11-9-17(10-12-18)20(25)13-8-16-14-19(23)22(29-7-3)21(15-16)28-4/h8-15H,5-7H2,1-4H3/b13-8+. The van der Waals surface area contributed by atoms with E-state index in [2.05, 4.69) is 15.9 Å². The van der Waals surface area contributed by atoms with Gasteiger partial charge in [-0.3, -0.25) is 4.79 Å². The highest BCUT2D eigenvalue weighted by Crippen LogP contribution is 2.37. The van der Waals surface area contributed by atoms with Gasteiger partial charge in [0, 0.05) is 18.7 Å². The van der Waals surface area contributed by atoms with E-state index in [1.807, 2.05) is 13.0 Å². The van der Waals surface area contributed by atoms with Gasteiger partial charge in [0.25, 0.3) is 0 Å². The minimum Gasteiger partial charge on any atom is -0.493 e. The molecule has 30 heavy (non-hydrogen) atoms. The molecule has 0 aliphatic rings. The Balaban J connectivity index is 2.22. The molecule has 0 aromatic heterocycles. The Bertz CT molecular complexity index is 1010. The van der Waals surface area contributed by atoms with Crippen LogP contribution in [0.1, 0.15) is 36.7 Å². The first-order valence-corrected chi connectivity index (χ1v) is 11.8. The second-order valence-electron chi connectivity index (χ2n) is 6.28. The lowest BCUT2D eigenvalue weighted by Gasteiger charge is -2.18. The number of rotatable bonds is 10. The lowest BCUT2D eigenvalue weighted by molar-refractivity contribution is 0.104. The van der Waals surface area contributed by atoms with Crippen LogP contribution < -0.4 is 9.47 Å². The first kappa shape index (κ1) is 24.1. The summed E-state index contributed by atoms with van der Waals surface area (Å²) in [5, 5.41) is 0. The summed E-state index contributed by atoms with van der Waals surface area (Å²) in [6.07, 6.45) is 3.11. The molecule has 0 spiro atoms. The fraction of sp³-hybridized carbons (Fsp3) is 0.318. The molecule has 2 rings (SSSR count). The van der Waals surface area contributed by atoms with Gasteiger partial charge in [0.05, 0.1) is 23.1 Å². The maximum Gasteiger partial charge on any atom is 0.243 e. The maximum absolute atomic E-state index is 12.6. The number of benzene rings is 2. The van der Waals surface area contributed by atoms with E-state index in [1.165, 1.54) is 34.6 Å². The summed E-state index contributed by atoms with van der Waals surface area (Å²) in [5.41, 5.74) is 1.16. The van der Waals surface area contributed by atoms with Crippen molar-refractivity contribution in [1.29, 1.82) is 0 Å². The van der Waals surface area contributed by atoms with Gasteiger partial charge >= 0.3 is 0 Å². The second-order valence-corrected chi connectivity index (χ2v) is 9.07. The number of hydrogen-bond acceptors (Lipinski definition) is 5. The van der Waals surface area contributed by atoms with E-state index < -0.39 is 10.0 Å². The molecule has 8 heteroatoms. The molecular formula is C22H26BrNO5S. The predicted octanol–water partition coefficient (Wildman–Crippen LogP) is 4.78. The molecule has 0 saturated heterocycles. The molecule has 2 aromatic carbocycles. The van der Waals surface area contributed by atoms with Crippen LogP contribution in [0, 0.1) is 0 Å². The van der Waals surface area contributed by atoms with Crippen molar-refractivity contribution < 1.29 is 22.7 Å². The Morgan fingerprint density at radius 3 is 2.27 bits per heavy atom. The highest BCUT2D eigenvalue weighted by molar-refractivity contribution is 9.10. The van der Waals surface area contributed by atoms with Crippen molar-refractivity contribution in [2.45, 2.75) is 25.7 Å². The van der Waals surface area contributed by atoms with Gasteiger partial charge in [0.1, 0.15) is 0 Å². The molecule has 0 heterocycles. The number of halogens is 1. The molecular weight excluding hydrogens is 470 g/mol. The van der Waals surface area contributed by atoms with Crippen LogP contribution in [0.15, 0.2) is 51.8 Å². The van der Waals surface area contributed by atoms with Crippen molar-refractivity contribution in [3.8, 4) is 11.5 Å². The van der Waals surface area contributed by atoms with Gasteiger partial charge in [-0.1, -0.05) is 19.9 Å². The number of hydrogen-bond donors (Lipinski definition) is 0. The van der Waals surface area contributed by atoms with E-state index in [1.54, 1.807) is 33.1 Å². The molecule has 0 bridgehead atoms. The summed E-state index contributed by atoms with van der Waals surface area (Å²) in [6.45, 7) is 6.75. The summed E-state index contributed by atoms with van der Waals surface area (Å²) >= 11 is 3.46. The van der Waals surface area contributed by atoms with Crippen LogP contribution in [-0.2, 0) is 10.0 Å². The minimum absolute atomic E-state index is 0.173. The molecule has 0 unspecified atom stereocenters. The summed E-state index contributed by atoms with van der Waals surface area (Å²) in [4.78, 5) is 12.7. The zero-order valence-electron chi connectivity index (χ0n) is 17.5. The first-order chi connectivity index (χ1) is 14.3. The fourth-order valence-corrected chi connectivity index (χ4v) is 4.92. The molecule has 162 valence electrons. The number of ketones is 1. The zero-order chi connectivity index (χ0) is 22.3. The van der Waals surface area contributed by atoms with E-state index >= 15 is 0 Å². The summed E-state index contributed by atoms with van der Waals surface area (Å²) < 4.78 is 38.1. The summed E-state index contributed by atoms with van der Waals surface area (Å²) in [5.74, 6) is 0.934. The third kappa shape index (κ3) is 5.50. The van der Waals surface area contributed by atoms with Crippen molar-refractivity contribution in [3.05, 3.63) is 58.1 Å². The van der Waals surface area contributed by atoms with Gasteiger partial charge in [-0.05, 0) is 70.9 Å². The van der Waals surface area contributed by atoms with Crippen LogP contribution in [0.3, 0.4) is 0 Å². The van der Waals surface area contributed by atoms with Crippen molar-refractivity contribution in [2.24, 2.45) is 0 Å². The van der Waals surface area contributed by atoms with Gasteiger partial charge in [-0.2, -0.15) is 4.31 Å². The molecule has 6 nitrogen and oxygen atoms in total. The highest BCUT2D eigenvalue weighted by atomic mass is 79.9. The number of methoxy groups -OCH3 is 1. The van der Waals surface area contributed by atoms with Crippen molar-refractivity contribution in [1.82, 2.24) is 4.31 Å². The minimum atomic E-state index is -3.55. The topological polar surface area (TPSA) is 72.9 Å². The maximum atomic E-state index is 12.6. The van der Waals surface area contributed by atoms with E-state index in [4.69, 9.17) is 9.47 Å². The summed E-state index contributed by atoms with van der Waals surface area (Å²) in [7, 11) is -1.99. The average Bonchev–Trinajstić information content (AvgIpc) is 2.74. The molecule has 0 aliphatic carbocycles. The number of carbonyl (C=O) groups is 1. The third-order valence-electron chi connectivity index (χ3n) is 4.45. The normalized spacial score (nSPS) is 11.8. The molecule has 0 saturated carbocycles. The molecule has 0 aliphatic heterocycles. The van der Waals surface area contributed by atoms with E-state index in [0.717, 1.165) is 10.0 Å². The van der Waals surface area contributed by atoms with Crippen LogP contribution in [-0.4, -0.2) is 45.3 Å². The van der Waals surface area contributed by atoms with E-state index in [0.29, 0.717) is 36.8 Å². The highest BCUT2D eigenvalue weighted by Gasteiger charge is 2.21. The Labute approximate surface area is 186 Å². The first-order valence-electron chi connectivity index (χ1n) is 9.61. The Morgan fingerprint density at radius 2 is 1.73 bits per heavy atom. The van der Waals surface area contributed by atoms with Gasteiger partial charge in [-0.15, -0.1) is 0 Å². The van der Waals surface area contributed by atoms with Gasteiger partial charge in [0.15, 0.2) is 17.3 Å². The SMILES string of the molecule is CCOc1c(Br)cc(/C=C/C(=O)c2ccc(S(=O)(=O)N(CC)CC)cc2)cc1OC. The number of allylic oxidation sites excluding steroid dienone is 1. The fourth-order valence-electron chi connectivity index (χ4n) is 2.89. The van der Waals surface area contributed by atoms with Crippen molar-refractivity contribution in [2.75, 3.05) is 26.8 Å². The Kier molecular flexibility index (Phi) is 8.64. The van der Waals surface area contributed by atoms with Crippen molar-refractivity contribution in [3.63, 3.8) is 0 Å². The number of ether oxygens (including phenoxy) is 2. The van der Waals surface area contributed by atoms with Gasteiger partial charge < -0.3 is 9.47 Å². The number of carbonyl (C=O) groups excluding carboxylic acids is 1. The molecule has 0 N–H and O–H groups in total. The Morgan fingerprint density at radius 1 is 1.10 bits per heavy atom. The van der Waals surface area contributed by atoms with Crippen LogP contribution in [0.2, 0.25) is 0 Å².